The van der Waals surface area contributed by atoms with E-state index in [1.807, 2.05) is 30.3 Å². The van der Waals surface area contributed by atoms with E-state index in [2.05, 4.69) is 15.5 Å². The zero-order valence-electron chi connectivity index (χ0n) is 12.5. The molecule has 0 spiro atoms. The number of hydrogen-bond donors (Lipinski definition) is 1. The van der Waals surface area contributed by atoms with Crippen LogP contribution in [0.5, 0.6) is 0 Å². The Balaban J connectivity index is 1.54. The van der Waals surface area contributed by atoms with Gasteiger partial charge in [-0.05, 0) is 36.4 Å². The zero-order valence-corrected chi connectivity index (χ0v) is 12.5. The molecule has 1 heterocycles. The van der Waals surface area contributed by atoms with Gasteiger partial charge in [0.1, 0.15) is 0 Å². The molecule has 1 N–H and O–H groups in total. The first-order valence-corrected chi connectivity index (χ1v) is 7.31. The summed E-state index contributed by atoms with van der Waals surface area (Å²) in [5.41, 5.74) is 0.773. The van der Waals surface area contributed by atoms with Crippen LogP contribution in [0.15, 0.2) is 59.0 Å². The number of halogens is 3. The van der Waals surface area contributed by atoms with Crippen LogP contribution < -0.4 is 5.32 Å². The smallest absolute Gasteiger partial charge is 0.416 e. The molecule has 3 rings (SSSR count). The van der Waals surface area contributed by atoms with Crippen LogP contribution in [0, 0.1) is 0 Å². The topological polar surface area (TPSA) is 51.0 Å². The van der Waals surface area contributed by atoms with E-state index < -0.39 is 11.7 Å². The van der Waals surface area contributed by atoms with Gasteiger partial charge in [-0.25, -0.2) is 0 Å². The van der Waals surface area contributed by atoms with E-state index in [0.717, 1.165) is 17.7 Å². The van der Waals surface area contributed by atoms with Crippen molar-refractivity contribution in [3.05, 3.63) is 66.1 Å². The molecule has 1 aromatic heterocycles. The molecule has 7 heteroatoms. The molecular formula is C17H14F3N3O. The maximum absolute atomic E-state index is 12.5. The monoisotopic (exact) mass is 333 g/mol. The highest BCUT2D eigenvalue weighted by Crippen LogP contribution is 2.29. The van der Waals surface area contributed by atoms with E-state index in [1.54, 1.807) is 0 Å². The fourth-order valence-electron chi connectivity index (χ4n) is 2.14. The Morgan fingerprint density at radius 1 is 0.917 bits per heavy atom. The molecule has 0 aliphatic rings. The third-order valence-corrected chi connectivity index (χ3v) is 3.37. The summed E-state index contributed by atoms with van der Waals surface area (Å²) in [6.45, 7) is 0.474. The lowest BCUT2D eigenvalue weighted by Crippen LogP contribution is -2.07. The Morgan fingerprint density at radius 2 is 1.62 bits per heavy atom. The maximum Gasteiger partial charge on any atom is 0.416 e. The third-order valence-electron chi connectivity index (χ3n) is 3.37. The fraction of sp³-hybridized carbons (Fsp3) is 0.176. The SMILES string of the molecule is FC(F)(F)c1ccc(NCCc2nnc(-c3ccccc3)o2)cc1. The van der Waals surface area contributed by atoms with Crippen molar-refractivity contribution in [1.82, 2.24) is 10.2 Å². The summed E-state index contributed by atoms with van der Waals surface area (Å²) in [6, 6.07) is 14.3. The molecule has 0 amide bonds. The van der Waals surface area contributed by atoms with Crippen molar-refractivity contribution in [2.75, 3.05) is 11.9 Å². The number of benzene rings is 2. The van der Waals surface area contributed by atoms with Gasteiger partial charge in [-0.3, -0.25) is 0 Å². The second kappa shape index (κ2) is 6.74. The number of hydrogen-bond acceptors (Lipinski definition) is 4. The van der Waals surface area contributed by atoms with Gasteiger partial charge in [0.25, 0.3) is 0 Å². The molecule has 0 fully saturated rings. The molecule has 0 aliphatic heterocycles. The van der Waals surface area contributed by atoms with E-state index >= 15 is 0 Å². The van der Waals surface area contributed by atoms with Gasteiger partial charge in [0.2, 0.25) is 11.8 Å². The van der Waals surface area contributed by atoms with Crippen molar-refractivity contribution >= 4 is 5.69 Å². The summed E-state index contributed by atoms with van der Waals surface area (Å²) < 4.78 is 43.0. The van der Waals surface area contributed by atoms with Gasteiger partial charge >= 0.3 is 6.18 Å². The lowest BCUT2D eigenvalue weighted by atomic mass is 10.2. The maximum atomic E-state index is 12.5. The van der Waals surface area contributed by atoms with Crippen LogP contribution in [0.4, 0.5) is 18.9 Å². The lowest BCUT2D eigenvalue weighted by molar-refractivity contribution is -0.137. The summed E-state index contributed by atoms with van der Waals surface area (Å²) in [4.78, 5) is 0. The fourth-order valence-corrected chi connectivity index (χ4v) is 2.14. The molecule has 2 aromatic carbocycles. The Morgan fingerprint density at radius 3 is 2.29 bits per heavy atom. The first kappa shape index (κ1) is 16.0. The molecule has 24 heavy (non-hydrogen) atoms. The largest absolute Gasteiger partial charge is 0.421 e. The van der Waals surface area contributed by atoms with Crippen LogP contribution in [0.3, 0.4) is 0 Å². The lowest BCUT2D eigenvalue weighted by Gasteiger charge is -2.08. The van der Waals surface area contributed by atoms with E-state index in [9.17, 15) is 13.2 Å². The van der Waals surface area contributed by atoms with Gasteiger partial charge in [-0.1, -0.05) is 18.2 Å². The molecular weight excluding hydrogens is 319 g/mol. The van der Waals surface area contributed by atoms with Crippen LogP contribution in [0.25, 0.3) is 11.5 Å². The Kier molecular flexibility index (Phi) is 4.50. The van der Waals surface area contributed by atoms with Crippen LogP contribution in [0.2, 0.25) is 0 Å². The molecule has 0 radical (unpaired) electrons. The number of alkyl halides is 3. The van der Waals surface area contributed by atoms with Crippen molar-refractivity contribution < 1.29 is 17.6 Å². The average Bonchev–Trinajstić information content (AvgIpc) is 3.04. The Bertz CT molecular complexity index is 783. The zero-order chi connectivity index (χ0) is 17.0. The average molecular weight is 333 g/mol. The molecule has 0 unspecified atom stereocenters. The second-order valence-electron chi connectivity index (χ2n) is 5.12. The van der Waals surface area contributed by atoms with Crippen molar-refractivity contribution in [1.29, 1.82) is 0 Å². The van der Waals surface area contributed by atoms with E-state index in [1.165, 1.54) is 12.1 Å². The highest BCUT2D eigenvalue weighted by atomic mass is 19.4. The minimum atomic E-state index is -4.32. The number of nitrogens with one attached hydrogen (secondary N) is 1. The normalized spacial score (nSPS) is 11.5. The molecule has 3 aromatic rings. The van der Waals surface area contributed by atoms with Crippen LogP contribution >= 0.6 is 0 Å². The number of anilines is 1. The first-order chi connectivity index (χ1) is 11.5. The highest BCUT2D eigenvalue weighted by molar-refractivity contribution is 5.51. The van der Waals surface area contributed by atoms with E-state index in [-0.39, 0.29) is 0 Å². The van der Waals surface area contributed by atoms with Crippen LogP contribution in [0.1, 0.15) is 11.5 Å². The summed E-state index contributed by atoms with van der Waals surface area (Å²) in [5, 5.41) is 11.0. The van der Waals surface area contributed by atoms with Crippen molar-refractivity contribution in [2.45, 2.75) is 12.6 Å². The molecule has 0 atom stereocenters. The summed E-state index contributed by atoms with van der Waals surface area (Å²) in [7, 11) is 0. The molecule has 0 saturated heterocycles. The number of nitrogens with zero attached hydrogens (tertiary/aromatic N) is 2. The van der Waals surface area contributed by atoms with Gasteiger partial charge in [0.15, 0.2) is 0 Å². The minimum Gasteiger partial charge on any atom is -0.421 e. The predicted molar refractivity (Wildman–Crippen MR) is 83.4 cm³/mol. The molecule has 0 aliphatic carbocycles. The molecule has 0 bridgehead atoms. The molecule has 124 valence electrons. The van der Waals surface area contributed by atoms with Crippen LogP contribution in [-0.2, 0) is 12.6 Å². The predicted octanol–water partition coefficient (Wildman–Crippen LogP) is 4.41. The highest BCUT2D eigenvalue weighted by Gasteiger charge is 2.29. The van der Waals surface area contributed by atoms with E-state index in [0.29, 0.717) is 30.4 Å². The quantitative estimate of drug-likeness (QED) is 0.751. The number of aromatic nitrogens is 2. The minimum absolute atomic E-state index is 0.445. The van der Waals surface area contributed by atoms with Gasteiger partial charge < -0.3 is 9.73 Å². The first-order valence-electron chi connectivity index (χ1n) is 7.31. The number of rotatable bonds is 5. The van der Waals surface area contributed by atoms with Gasteiger partial charge in [0.05, 0.1) is 5.56 Å². The van der Waals surface area contributed by atoms with Crippen LogP contribution in [-0.4, -0.2) is 16.7 Å². The van der Waals surface area contributed by atoms with Gasteiger partial charge in [-0.2, -0.15) is 13.2 Å². The summed E-state index contributed by atoms with van der Waals surface area (Å²) >= 11 is 0. The Labute approximate surface area is 136 Å². The van der Waals surface area contributed by atoms with Crippen molar-refractivity contribution in [3.8, 4) is 11.5 Å². The van der Waals surface area contributed by atoms with Gasteiger partial charge in [-0.15, -0.1) is 10.2 Å². The van der Waals surface area contributed by atoms with Crippen molar-refractivity contribution in [3.63, 3.8) is 0 Å². The summed E-state index contributed by atoms with van der Waals surface area (Å²) in [5.74, 6) is 0.911. The van der Waals surface area contributed by atoms with Crippen molar-refractivity contribution in [2.24, 2.45) is 0 Å². The second-order valence-corrected chi connectivity index (χ2v) is 5.12. The van der Waals surface area contributed by atoms with E-state index in [4.69, 9.17) is 4.42 Å². The molecule has 4 nitrogen and oxygen atoms in total. The third kappa shape index (κ3) is 3.92. The summed E-state index contributed by atoms with van der Waals surface area (Å²) in [6.07, 6.45) is -3.85. The van der Waals surface area contributed by atoms with Gasteiger partial charge in [0, 0.05) is 24.2 Å². The Hall–Kier alpha value is -2.83. The molecule has 0 saturated carbocycles. The standard InChI is InChI=1S/C17H14F3N3O/c18-17(19,20)13-6-8-14(9-7-13)21-11-10-15-22-23-16(24-15)12-4-2-1-3-5-12/h1-9,21H,10-11H2.